The molecule has 1 aliphatic carbocycles. The monoisotopic (exact) mass is 272 g/mol. The molecule has 0 bridgehead atoms. The number of carbonyl (C=O) groups is 1. The minimum Gasteiger partial charge on any atom is -0.385 e. The molecule has 2 aliphatic rings. The second-order valence-electron chi connectivity index (χ2n) is 6.43. The lowest BCUT2D eigenvalue weighted by molar-refractivity contribution is -0.116. The highest BCUT2D eigenvalue weighted by molar-refractivity contribution is 5.94. The van der Waals surface area contributed by atoms with E-state index in [4.69, 9.17) is 0 Å². The van der Waals surface area contributed by atoms with Gasteiger partial charge in [0.2, 0.25) is 5.91 Å². The van der Waals surface area contributed by atoms with Gasteiger partial charge in [0, 0.05) is 24.3 Å². The lowest BCUT2D eigenvalue weighted by atomic mass is 9.83. The van der Waals surface area contributed by atoms with Crippen LogP contribution >= 0.6 is 0 Å². The zero-order valence-electron chi connectivity index (χ0n) is 12.2. The average molecular weight is 272 g/mol. The fraction of sp³-hybridized carbons (Fsp3) is 0.588. The average Bonchev–Trinajstić information content (AvgIpc) is 2.46. The normalized spacial score (nSPS) is 25.8. The van der Waals surface area contributed by atoms with Gasteiger partial charge in [-0.05, 0) is 54.9 Å². The summed E-state index contributed by atoms with van der Waals surface area (Å²) in [4.78, 5) is 11.3. The van der Waals surface area contributed by atoms with Crippen LogP contribution < -0.4 is 10.6 Å². The van der Waals surface area contributed by atoms with E-state index in [1.54, 1.807) is 0 Å². The van der Waals surface area contributed by atoms with Crippen molar-refractivity contribution in [2.24, 2.45) is 11.8 Å². The number of hydrogen-bond donors (Lipinski definition) is 2. The van der Waals surface area contributed by atoms with Gasteiger partial charge < -0.3 is 10.6 Å². The SMILES string of the molecule is CC1CCC(CNc2ccc3c(c2)CCC(=O)N3)CC1. The number of aryl methyl sites for hydroxylation is 1. The standard InChI is InChI=1S/C17H24N2O/c1-12-2-4-13(5-3-12)11-18-15-7-8-16-14(10-15)6-9-17(20)19-16/h7-8,10,12-13,18H,2-6,9,11H2,1H3,(H,19,20). The van der Waals surface area contributed by atoms with Gasteiger partial charge in [-0.2, -0.15) is 0 Å². The molecule has 3 rings (SSSR count). The van der Waals surface area contributed by atoms with E-state index in [1.807, 2.05) is 6.07 Å². The van der Waals surface area contributed by atoms with Crippen LogP contribution in [0.25, 0.3) is 0 Å². The molecule has 1 aromatic carbocycles. The molecule has 0 aromatic heterocycles. The van der Waals surface area contributed by atoms with Crippen LogP contribution in [0.2, 0.25) is 0 Å². The maximum atomic E-state index is 11.3. The van der Waals surface area contributed by atoms with Crippen LogP contribution in [0.4, 0.5) is 11.4 Å². The van der Waals surface area contributed by atoms with Crippen LogP contribution in [-0.4, -0.2) is 12.5 Å². The van der Waals surface area contributed by atoms with Gasteiger partial charge in [0.25, 0.3) is 0 Å². The van der Waals surface area contributed by atoms with Crippen LogP contribution in [0.1, 0.15) is 44.6 Å². The smallest absolute Gasteiger partial charge is 0.224 e. The Hall–Kier alpha value is -1.51. The molecular formula is C17H24N2O. The van der Waals surface area contributed by atoms with E-state index in [9.17, 15) is 4.79 Å². The summed E-state index contributed by atoms with van der Waals surface area (Å²) < 4.78 is 0. The highest BCUT2D eigenvalue weighted by Gasteiger charge is 2.18. The summed E-state index contributed by atoms with van der Waals surface area (Å²) in [5.74, 6) is 1.87. The quantitative estimate of drug-likeness (QED) is 0.878. The molecule has 0 unspecified atom stereocenters. The third-order valence-corrected chi connectivity index (χ3v) is 4.73. The molecule has 3 heteroatoms. The first kappa shape index (κ1) is 13.5. The van der Waals surface area contributed by atoms with Crippen LogP contribution in [0.15, 0.2) is 18.2 Å². The van der Waals surface area contributed by atoms with Crippen LogP contribution in [0, 0.1) is 11.8 Å². The minimum atomic E-state index is 0.134. The van der Waals surface area contributed by atoms with Gasteiger partial charge in [-0.1, -0.05) is 19.8 Å². The maximum Gasteiger partial charge on any atom is 0.224 e. The molecule has 3 nitrogen and oxygen atoms in total. The highest BCUT2D eigenvalue weighted by atomic mass is 16.1. The van der Waals surface area contributed by atoms with Gasteiger partial charge in [0.1, 0.15) is 0 Å². The largest absolute Gasteiger partial charge is 0.385 e. The van der Waals surface area contributed by atoms with E-state index in [-0.39, 0.29) is 5.91 Å². The van der Waals surface area contributed by atoms with E-state index in [1.165, 1.54) is 36.9 Å². The summed E-state index contributed by atoms with van der Waals surface area (Å²) in [5.41, 5.74) is 3.43. The maximum absolute atomic E-state index is 11.3. The number of nitrogens with one attached hydrogen (secondary N) is 2. The third-order valence-electron chi connectivity index (χ3n) is 4.73. The number of carbonyl (C=O) groups excluding carboxylic acids is 1. The molecule has 1 heterocycles. The van der Waals surface area contributed by atoms with Gasteiger partial charge in [-0.15, -0.1) is 0 Å². The molecule has 108 valence electrons. The van der Waals surface area contributed by atoms with Crippen molar-refractivity contribution in [1.29, 1.82) is 0 Å². The Bertz CT molecular complexity index is 490. The first-order valence-corrected chi connectivity index (χ1v) is 7.87. The fourth-order valence-corrected chi connectivity index (χ4v) is 3.29. The number of fused-ring (bicyclic) bond motifs is 1. The van der Waals surface area contributed by atoms with Crippen molar-refractivity contribution in [1.82, 2.24) is 0 Å². The second kappa shape index (κ2) is 5.86. The van der Waals surface area contributed by atoms with Gasteiger partial charge in [0.15, 0.2) is 0 Å². The van der Waals surface area contributed by atoms with Gasteiger partial charge in [-0.3, -0.25) is 4.79 Å². The summed E-state index contributed by atoms with van der Waals surface area (Å²) in [6, 6.07) is 6.30. The predicted octanol–water partition coefficient (Wildman–Crippen LogP) is 3.81. The van der Waals surface area contributed by atoms with Crippen LogP contribution in [0.3, 0.4) is 0 Å². The molecular weight excluding hydrogens is 248 g/mol. The molecule has 0 saturated heterocycles. The van der Waals surface area contributed by atoms with Crippen LogP contribution in [-0.2, 0) is 11.2 Å². The lowest BCUT2D eigenvalue weighted by Crippen LogP contribution is -2.21. The fourth-order valence-electron chi connectivity index (χ4n) is 3.29. The zero-order chi connectivity index (χ0) is 13.9. The molecule has 1 fully saturated rings. The molecule has 0 radical (unpaired) electrons. The van der Waals surface area contributed by atoms with Crippen molar-refractivity contribution in [3.05, 3.63) is 23.8 Å². The Morgan fingerprint density at radius 2 is 2.00 bits per heavy atom. The Morgan fingerprint density at radius 3 is 2.80 bits per heavy atom. The summed E-state index contributed by atoms with van der Waals surface area (Å²) >= 11 is 0. The highest BCUT2D eigenvalue weighted by Crippen LogP contribution is 2.29. The first-order valence-electron chi connectivity index (χ1n) is 7.87. The summed E-state index contributed by atoms with van der Waals surface area (Å²) in [7, 11) is 0. The van der Waals surface area contributed by atoms with E-state index >= 15 is 0 Å². The van der Waals surface area contributed by atoms with Gasteiger partial charge in [-0.25, -0.2) is 0 Å². The molecule has 2 N–H and O–H groups in total. The van der Waals surface area contributed by atoms with E-state index in [0.717, 1.165) is 30.5 Å². The van der Waals surface area contributed by atoms with Crippen molar-refractivity contribution in [2.75, 3.05) is 17.2 Å². The molecule has 20 heavy (non-hydrogen) atoms. The van der Waals surface area contributed by atoms with E-state index < -0.39 is 0 Å². The van der Waals surface area contributed by atoms with Crippen LogP contribution in [0.5, 0.6) is 0 Å². The van der Waals surface area contributed by atoms with Crippen molar-refractivity contribution in [2.45, 2.75) is 45.4 Å². The Morgan fingerprint density at radius 1 is 1.20 bits per heavy atom. The Labute approximate surface area is 121 Å². The topological polar surface area (TPSA) is 41.1 Å². The molecule has 1 aromatic rings. The number of amides is 1. The Balaban J connectivity index is 1.57. The lowest BCUT2D eigenvalue weighted by Gasteiger charge is -2.27. The van der Waals surface area contributed by atoms with Crippen molar-refractivity contribution in [3.8, 4) is 0 Å². The number of rotatable bonds is 3. The van der Waals surface area contributed by atoms with Crippen molar-refractivity contribution < 1.29 is 4.79 Å². The summed E-state index contributed by atoms with van der Waals surface area (Å²) in [6.07, 6.45) is 6.93. The number of anilines is 2. The molecule has 1 amide bonds. The third kappa shape index (κ3) is 3.14. The molecule has 0 atom stereocenters. The summed E-state index contributed by atoms with van der Waals surface area (Å²) in [6.45, 7) is 3.44. The zero-order valence-corrected chi connectivity index (χ0v) is 12.2. The summed E-state index contributed by atoms with van der Waals surface area (Å²) in [5, 5.41) is 6.51. The van der Waals surface area contributed by atoms with E-state index in [2.05, 4.69) is 29.7 Å². The van der Waals surface area contributed by atoms with Gasteiger partial charge in [0.05, 0.1) is 0 Å². The first-order chi connectivity index (χ1) is 9.70. The predicted molar refractivity (Wildman–Crippen MR) is 83.0 cm³/mol. The number of benzene rings is 1. The molecule has 1 aliphatic heterocycles. The number of hydrogen-bond acceptors (Lipinski definition) is 2. The minimum absolute atomic E-state index is 0.134. The van der Waals surface area contributed by atoms with Crippen molar-refractivity contribution >= 4 is 17.3 Å². The van der Waals surface area contributed by atoms with Gasteiger partial charge >= 0.3 is 0 Å². The van der Waals surface area contributed by atoms with E-state index in [0.29, 0.717) is 6.42 Å². The molecule has 0 spiro atoms. The Kier molecular flexibility index (Phi) is 3.95. The van der Waals surface area contributed by atoms with Crippen molar-refractivity contribution in [3.63, 3.8) is 0 Å². The molecule has 1 saturated carbocycles. The second-order valence-corrected chi connectivity index (χ2v) is 6.43.